The topological polar surface area (TPSA) is 92.9 Å². The van der Waals surface area contributed by atoms with Crippen LogP contribution >= 0.6 is 11.8 Å². The fraction of sp³-hybridized carbons (Fsp3) is 0.320. The molecule has 0 spiro atoms. The number of nitrogens with zero attached hydrogens (tertiary/aromatic N) is 3. The third-order valence-corrected chi connectivity index (χ3v) is 8.15. The molecule has 3 aromatic rings. The van der Waals surface area contributed by atoms with E-state index in [-0.39, 0.29) is 10.8 Å². The van der Waals surface area contributed by atoms with Gasteiger partial charge >= 0.3 is 10.1 Å². The van der Waals surface area contributed by atoms with Gasteiger partial charge in [0.25, 0.3) is 0 Å². The second kappa shape index (κ2) is 9.94. The van der Waals surface area contributed by atoms with E-state index in [0.717, 1.165) is 36.8 Å². The number of thioether (sulfide) groups is 1. The van der Waals surface area contributed by atoms with Crippen LogP contribution in [-0.2, 0) is 10.1 Å². The maximum Gasteiger partial charge on any atom is 0.340 e. The Balaban J connectivity index is 1.77. The average molecular weight is 480 g/mol. The summed E-state index contributed by atoms with van der Waals surface area (Å²) in [5.41, 5.74) is 2.64. The van der Waals surface area contributed by atoms with Crippen LogP contribution in [0.4, 0.5) is 0 Å². The molecule has 8 heteroatoms. The molecule has 0 saturated heterocycles. The lowest BCUT2D eigenvalue weighted by Gasteiger charge is -2.17. The van der Waals surface area contributed by atoms with Gasteiger partial charge in [-0.15, -0.1) is 0 Å². The summed E-state index contributed by atoms with van der Waals surface area (Å²) in [7, 11) is -4.09. The number of nitriles is 1. The maximum absolute atomic E-state index is 13.0. The molecule has 1 saturated carbocycles. The Hall–Kier alpha value is -2.89. The highest BCUT2D eigenvalue weighted by Crippen LogP contribution is 2.37. The minimum absolute atomic E-state index is 0.0303. The molecule has 33 heavy (non-hydrogen) atoms. The van der Waals surface area contributed by atoms with Gasteiger partial charge < -0.3 is 4.18 Å². The molecular weight excluding hydrogens is 454 g/mol. The normalized spacial score (nSPS) is 15.2. The third kappa shape index (κ3) is 5.37. The molecule has 0 radical (unpaired) electrons. The molecule has 4 rings (SSSR count). The van der Waals surface area contributed by atoms with Gasteiger partial charge in [0.2, 0.25) is 5.88 Å². The number of hydrogen-bond acceptors (Lipinski definition) is 7. The Kier molecular flexibility index (Phi) is 7.01. The van der Waals surface area contributed by atoms with Crippen molar-refractivity contribution in [2.75, 3.05) is 0 Å². The van der Waals surface area contributed by atoms with E-state index in [0.29, 0.717) is 21.7 Å². The maximum atomic E-state index is 13.0. The Morgan fingerprint density at radius 3 is 2.33 bits per heavy atom. The number of aromatic nitrogens is 2. The number of benzene rings is 2. The van der Waals surface area contributed by atoms with Crippen molar-refractivity contribution in [2.24, 2.45) is 0 Å². The van der Waals surface area contributed by atoms with Gasteiger partial charge in [-0.25, -0.2) is 4.98 Å². The van der Waals surface area contributed by atoms with Crippen molar-refractivity contribution in [3.05, 3.63) is 77.0 Å². The van der Waals surface area contributed by atoms with Crippen molar-refractivity contribution >= 4 is 21.9 Å². The zero-order valence-corrected chi connectivity index (χ0v) is 20.2. The first-order valence-electron chi connectivity index (χ1n) is 10.9. The van der Waals surface area contributed by atoms with Crippen molar-refractivity contribution in [3.63, 3.8) is 0 Å². The zero-order valence-electron chi connectivity index (χ0n) is 18.6. The molecule has 6 nitrogen and oxygen atoms in total. The molecule has 0 bridgehead atoms. The molecule has 1 atom stereocenters. The first kappa shape index (κ1) is 23.3. The SMILES string of the molecule is Cc1ccc(S(=O)(=O)Oc2nc(SC3CCCC3)nc(C(C#N)c3ccccc3)c2C)cc1. The quantitative estimate of drug-likeness (QED) is 0.324. The fourth-order valence-electron chi connectivity index (χ4n) is 3.86. The number of aryl methyl sites for hydroxylation is 1. The van der Waals surface area contributed by atoms with Crippen LogP contribution in [0.1, 0.15) is 54.0 Å². The molecule has 1 aromatic heterocycles. The van der Waals surface area contributed by atoms with Crippen molar-refractivity contribution in [3.8, 4) is 11.9 Å². The van der Waals surface area contributed by atoms with E-state index in [2.05, 4.69) is 11.1 Å². The Bertz CT molecular complexity index is 1260. The van der Waals surface area contributed by atoms with Gasteiger partial charge in [-0.2, -0.15) is 18.7 Å². The predicted molar refractivity (Wildman–Crippen MR) is 128 cm³/mol. The third-order valence-electron chi connectivity index (χ3n) is 5.73. The summed E-state index contributed by atoms with van der Waals surface area (Å²) in [4.78, 5) is 9.24. The lowest BCUT2D eigenvalue weighted by molar-refractivity contribution is 0.467. The van der Waals surface area contributed by atoms with Crippen LogP contribution in [0.15, 0.2) is 64.6 Å². The van der Waals surface area contributed by atoms with Gasteiger partial charge in [0.05, 0.1) is 11.8 Å². The second-order valence-corrected chi connectivity index (χ2v) is 11.0. The molecule has 2 aromatic carbocycles. The first-order valence-corrected chi connectivity index (χ1v) is 13.2. The van der Waals surface area contributed by atoms with E-state index < -0.39 is 16.0 Å². The monoisotopic (exact) mass is 479 g/mol. The van der Waals surface area contributed by atoms with Gasteiger partial charge in [0.1, 0.15) is 10.8 Å². The molecular formula is C25H25N3O3S2. The van der Waals surface area contributed by atoms with E-state index in [4.69, 9.17) is 9.17 Å². The zero-order chi connectivity index (χ0) is 23.4. The lowest BCUT2D eigenvalue weighted by atomic mass is 9.94. The van der Waals surface area contributed by atoms with Crippen molar-refractivity contribution in [2.45, 2.75) is 60.8 Å². The summed E-state index contributed by atoms with van der Waals surface area (Å²) < 4.78 is 31.5. The summed E-state index contributed by atoms with van der Waals surface area (Å²) >= 11 is 1.53. The van der Waals surface area contributed by atoms with Gasteiger partial charge in [0.15, 0.2) is 5.16 Å². The minimum Gasteiger partial charge on any atom is -0.358 e. The summed E-state index contributed by atoms with van der Waals surface area (Å²) in [5.74, 6) is -0.696. The minimum atomic E-state index is -4.09. The summed E-state index contributed by atoms with van der Waals surface area (Å²) in [6.45, 7) is 3.59. The van der Waals surface area contributed by atoms with E-state index in [9.17, 15) is 13.7 Å². The highest BCUT2D eigenvalue weighted by Gasteiger charge is 2.27. The van der Waals surface area contributed by atoms with Crippen LogP contribution in [0.2, 0.25) is 0 Å². The van der Waals surface area contributed by atoms with E-state index in [1.54, 1.807) is 19.1 Å². The van der Waals surface area contributed by atoms with Crippen molar-refractivity contribution in [1.82, 2.24) is 9.97 Å². The summed E-state index contributed by atoms with van der Waals surface area (Å²) in [6, 6.07) is 18.1. The molecule has 1 heterocycles. The Labute approximate surface area is 199 Å². The standard InChI is InChI=1S/C25H25N3O3S2/c1-17-12-14-21(15-13-17)33(29,30)31-24-18(2)23(22(16-26)19-8-4-3-5-9-19)27-25(28-24)32-20-10-6-7-11-20/h3-5,8-9,12-15,20,22H,6-7,10-11H2,1-2H3. The Morgan fingerprint density at radius 1 is 1.03 bits per heavy atom. The van der Waals surface area contributed by atoms with Crippen molar-refractivity contribution < 1.29 is 12.6 Å². The molecule has 0 aliphatic heterocycles. The van der Waals surface area contributed by atoms with Gasteiger partial charge in [-0.1, -0.05) is 72.6 Å². The molecule has 170 valence electrons. The van der Waals surface area contributed by atoms with E-state index in [1.807, 2.05) is 37.3 Å². The lowest BCUT2D eigenvalue weighted by Crippen LogP contribution is -2.15. The van der Waals surface area contributed by atoms with Gasteiger partial charge in [-0.05, 0) is 44.4 Å². The second-order valence-electron chi connectivity index (χ2n) is 8.17. The van der Waals surface area contributed by atoms with Gasteiger partial charge in [0, 0.05) is 10.8 Å². The molecule has 0 N–H and O–H groups in total. The predicted octanol–water partition coefficient (Wildman–Crippen LogP) is 5.55. The summed E-state index contributed by atoms with van der Waals surface area (Å²) in [6.07, 6.45) is 4.45. The van der Waals surface area contributed by atoms with Crippen molar-refractivity contribution in [1.29, 1.82) is 5.26 Å². The highest BCUT2D eigenvalue weighted by molar-refractivity contribution is 7.99. The van der Waals surface area contributed by atoms with Crippen LogP contribution in [0.25, 0.3) is 0 Å². The smallest absolute Gasteiger partial charge is 0.340 e. The average Bonchev–Trinajstić information content (AvgIpc) is 3.31. The molecule has 1 aliphatic carbocycles. The van der Waals surface area contributed by atoms with Crippen LogP contribution in [-0.4, -0.2) is 23.6 Å². The molecule has 0 amide bonds. The highest BCUT2D eigenvalue weighted by atomic mass is 32.2. The Morgan fingerprint density at radius 2 is 1.70 bits per heavy atom. The van der Waals surface area contributed by atoms with Crippen LogP contribution in [0.5, 0.6) is 5.88 Å². The molecule has 1 unspecified atom stereocenters. The first-order chi connectivity index (χ1) is 15.9. The van der Waals surface area contributed by atoms with E-state index in [1.165, 1.54) is 23.9 Å². The number of rotatable bonds is 7. The van der Waals surface area contributed by atoms with Crippen LogP contribution in [0, 0.1) is 25.2 Å². The fourth-order valence-corrected chi connectivity index (χ4v) is 5.95. The molecule has 1 aliphatic rings. The summed E-state index contributed by atoms with van der Waals surface area (Å²) in [5, 5.41) is 10.8. The molecule has 1 fully saturated rings. The van der Waals surface area contributed by atoms with Crippen LogP contribution < -0.4 is 4.18 Å². The van der Waals surface area contributed by atoms with Gasteiger partial charge in [-0.3, -0.25) is 0 Å². The largest absolute Gasteiger partial charge is 0.358 e. The number of hydrogen-bond donors (Lipinski definition) is 0. The van der Waals surface area contributed by atoms with E-state index >= 15 is 0 Å². The van der Waals surface area contributed by atoms with Crippen LogP contribution in [0.3, 0.4) is 0 Å².